The second-order valence-electron chi connectivity index (χ2n) is 6.42. The molecule has 0 saturated carbocycles. The number of hydrogen-bond acceptors (Lipinski definition) is 5. The van der Waals surface area contributed by atoms with Gasteiger partial charge in [0, 0.05) is 11.3 Å². The minimum atomic E-state index is -4.54. The van der Waals surface area contributed by atoms with Crippen LogP contribution in [0.2, 0.25) is 0 Å². The van der Waals surface area contributed by atoms with E-state index in [1.165, 1.54) is 12.1 Å². The van der Waals surface area contributed by atoms with Gasteiger partial charge >= 0.3 is 12.4 Å². The fourth-order valence-electron chi connectivity index (χ4n) is 2.46. The van der Waals surface area contributed by atoms with Gasteiger partial charge < -0.3 is 5.32 Å². The lowest BCUT2D eigenvalue weighted by atomic mass is 10.1. The maximum absolute atomic E-state index is 12.8. The zero-order valence-corrected chi connectivity index (χ0v) is 17.0. The molecule has 1 heterocycles. The molecule has 0 spiro atoms. The SMILES string of the molecule is O=C(Cn1nnc(-c2cccc(C(F)(F)F)c2)n1)NNC(=S)Nc1ccc(C(F)(F)F)cc1. The molecule has 15 heteroatoms. The molecule has 1 aromatic heterocycles. The van der Waals surface area contributed by atoms with E-state index in [2.05, 4.69) is 31.6 Å². The van der Waals surface area contributed by atoms with Crippen LogP contribution in [0, 0.1) is 0 Å². The summed E-state index contributed by atoms with van der Waals surface area (Å²) in [5.74, 6) is -0.791. The van der Waals surface area contributed by atoms with Crippen molar-refractivity contribution in [3.05, 3.63) is 59.7 Å². The molecule has 0 aliphatic heterocycles. The molecular weight excluding hydrogens is 476 g/mol. The summed E-state index contributed by atoms with van der Waals surface area (Å²) in [4.78, 5) is 12.9. The third-order valence-corrected chi connectivity index (χ3v) is 4.18. The maximum Gasteiger partial charge on any atom is 0.416 e. The Morgan fingerprint density at radius 1 is 0.939 bits per heavy atom. The van der Waals surface area contributed by atoms with E-state index in [1.807, 2.05) is 0 Å². The topological polar surface area (TPSA) is 96.8 Å². The Hall–Kier alpha value is -3.75. The van der Waals surface area contributed by atoms with Crippen molar-refractivity contribution < 1.29 is 31.1 Å². The van der Waals surface area contributed by atoms with E-state index in [0.717, 1.165) is 41.2 Å². The standard InChI is InChI=1S/C18H13F6N7OS/c19-17(20,21)11-4-6-13(7-5-11)25-16(33)28-26-14(32)9-31-29-15(27-30-31)10-2-1-3-12(8-10)18(22,23)24/h1-8H,9H2,(H,26,32)(H2,25,28,33). The lowest BCUT2D eigenvalue weighted by Crippen LogP contribution is -2.45. The van der Waals surface area contributed by atoms with E-state index in [0.29, 0.717) is 0 Å². The predicted molar refractivity (Wildman–Crippen MR) is 107 cm³/mol. The zero-order valence-electron chi connectivity index (χ0n) is 16.2. The van der Waals surface area contributed by atoms with Crippen LogP contribution in [0.4, 0.5) is 32.0 Å². The van der Waals surface area contributed by atoms with Gasteiger partial charge in [0.15, 0.2) is 5.11 Å². The minimum absolute atomic E-state index is 0.0662. The van der Waals surface area contributed by atoms with Crippen molar-refractivity contribution in [1.29, 1.82) is 0 Å². The van der Waals surface area contributed by atoms with Gasteiger partial charge in [0.2, 0.25) is 5.82 Å². The van der Waals surface area contributed by atoms with E-state index in [4.69, 9.17) is 12.2 Å². The third-order valence-electron chi connectivity index (χ3n) is 3.97. The van der Waals surface area contributed by atoms with Gasteiger partial charge in [0.05, 0.1) is 11.1 Å². The molecule has 174 valence electrons. The minimum Gasteiger partial charge on any atom is -0.331 e. The van der Waals surface area contributed by atoms with Crippen LogP contribution in [0.25, 0.3) is 11.4 Å². The molecule has 0 aliphatic carbocycles. The van der Waals surface area contributed by atoms with Crippen LogP contribution in [0.15, 0.2) is 48.5 Å². The van der Waals surface area contributed by atoms with E-state index in [1.54, 1.807) is 0 Å². The number of thiocarbonyl (C=S) groups is 1. The number of alkyl halides is 6. The maximum atomic E-state index is 12.8. The van der Waals surface area contributed by atoms with Crippen molar-refractivity contribution in [2.75, 3.05) is 5.32 Å². The van der Waals surface area contributed by atoms with Crippen molar-refractivity contribution in [3.8, 4) is 11.4 Å². The molecule has 0 radical (unpaired) electrons. The van der Waals surface area contributed by atoms with Gasteiger partial charge in [-0.1, -0.05) is 12.1 Å². The summed E-state index contributed by atoms with van der Waals surface area (Å²) in [5, 5.41) is 13.6. The van der Waals surface area contributed by atoms with Crippen molar-refractivity contribution in [1.82, 2.24) is 31.1 Å². The highest BCUT2D eigenvalue weighted by molar-refractivity contribution is 7.80. The molecule has 0 saturated heterocycles. The first-order valence-electron chi connectivity index (χ1n) is 8.90. The molecule has 1 amide bonds. The van der Waals surface area contributed by atoms with Gasteiger partial charge in [-0.15, -0.1) is 10.2 Å². The number of carbonyl (C=O) groups is 1. The van der Waals surface area contributed by atoms with Crippen LogP contribution >= 0.6 is 12.2 Å². The molecule has 3 rings (SSSR count). The fourth-order valence-corrected chi connectivity index (χ4v) is 2.63. The van der Waals surface area contributed by atoms with Gasteiger partial charge in [-0.05, 0) is 53.8 Å². The van der Waals surface area contributed by atoms with Crippen LogP contribution < -0.4 is 16.2 Å². The second kappa shape index (κ2) is 9.40. The number of aromatic nitrogens is 4. The summed E-state index contributed by atoms with van der Waals surface area (Å²) in [6, 6.07) is 8.36. The molecule has 3 aromatic rings. The molecular formula is C18H13F6N7OS. The highest BCUT2D eigenvalue weighted by Crippen LogP contribution is 2.31. The summed E-state index contributed by atoms with van der Waals surface area (Å²) < 4.78 is 76.2. The lowest BCUT2D eigenvalue weighted by molar-refractivity contribution is -0.138. The average molecular weight is 489 g/mol. The molecule has 0 bridgehead atoms. The Morgan fingerprint density at radius 3 is 2.24 bits per heavy atom. The number of tetrazole rings is 1. The van der Waals surface area contributed by atoms with Crippen LogP contribution in [0.1, 0.15) is 11.1 Å². The second-order valence-corrected chi connectivity index (χ2v) is 6.83. The summed E-state index contributed by atoms with van der Waals surface area (Å²) >= 11 is 4.93. The number of amides is 1. The van der Waals surface area contributed by atoms with Crippen LogP contribution in [-0.2, 0) is 23.7 Å². The number of hydrogen-bond donors (Lipinski definition) is 3. The molecule has 3 N–H and O–H groups in total. The molecule has 33 heavy (non-hydrogen) atoms. The molecule has 0 fully saturated rings. The zero-order chi connectivity index (χ0) is 24.2. The van der Waals surface area contributed by atoms with Gasteiger partial charge in [-0.3, -0.25) is 15.6 Å². The first-order chi connectivity index (χ1) is 15.4. The first-order valence-corrected chi connectivity index (χ1v) is 9.31. The number of nitrogens with one attached hydrogen (secondary N) is 3. The highest BCUT2D eigenvalue weighted by Gasteiger charge is 2.31. The van der Waals surface area contributed by atoms with Crippen LogP contribution in [0.5, 0.6) is 0 Å². The first kappa shape index (κ1) is 23.9. The Morgan fingerprint density at radius 2 is 1.61 bits per heavy atom. The fraction of sp³-hybridized carbons (Fsp3) is 0.167. The summed E-state index contributed by atoms with van der Waals surface area (Å²) in [7, 11) is 0. The van der Waals surface area contributed by atoms with E-state index in [-0.39, 0.29) is 22.2 Å². The summed E-state index contributed by atoms with van der Waals surface area (Å²) in [6.45, 7) is -0.443. The molecule has 0 atom stereocenters. The van der Waals surface area contributed by atoms with E-state index < -0.39 is 35.9 Å². The molecule has 2 aromatic carbocycles. The summed E-state index contributed by atoms with van der Waals surface area (Å²) in [6.07, 6.45) is -9.01. The Bertz CT molecular complexity index is 1140. The quantitative estimate of drug-likeness (QED) is 0.294. The smallest absolute Gasteiger partial charge is 0.331 e. The molecule has 0 aliphatic rings. The summed E-state index contributed by atoms with van der Waals surface area (Å²) in [5.41, 5.74) is 3.16. The largest absolute Gasteiger partial charge is 0.416 e. The monoisotopic (exact) mass is 489 g/mol. The number of hydrazine groups is 1. The number of anilines is 1. The van der Waals surface area contributed by atoms with Crippen LogP contribution in [0.3, 0.4) is 0 Å². The number of halogens is 6. The Labute approximate surface area is 186 Å². The predicted octanol–water partition coefficient (Wildman–Crippen LogP) is 3.40. The third kappa shape index (κ3) is 6.61. The number of carbonyl (C=O) groups excluding carboxylic acids is 1. The van der Waals surface area contributed by atoms with Crippen molar-refractivity contribution in [3.63, 3.8) is 0 Å². The van der Waals surface area contributed by atoms with Gasteiger partial charge in [-0.2, -0.15) is 31.1 Å². The molecule has 0 unspecified atom stereocenters. The normalized spacial score (nSPS) is 11.7. The number of nitrogens with zero attached hydrogens (tertiary/aromatic N) is 4. The van der Waals surface area contributed by atoms with Crippen LogP contribution in [-0.4, -0.2) is 31.2 Å². The Kier molecular flexibility index (Phi) is 6.81. The van der Waals surface area contributed by atoms with E-state index in [9.17, 15) is 31.1 Å². The molecule has 8 nitrogen and oxygen atoms in total. The van der Waals surface area contributed by atoms with Crippen molar-refractivity contribution in [2.24, 2.45) is 0 Å². The number of benzene rings is 2. The highest BCUT2D eigenvalue weighted by atomic mass is 32.1. The van der Waals surface area contributed by atoms with E-state index >= 15 is 0 Å². The lowest BCUT2D eigenvalue weighted by Gasteiger charge is -2.12. The average Bonchev–Trinajstić information content (AvgIpc) is 3.20. The van der Waals surface area contributed by atoms with Crippen molar-refractivity contribution in [2.45, 2.75) is 18.9 Å². The van der Waals surface area contributed by atoms with Gasteiger partial charge in [0.1, 0.15) is 6.54 Å². The Balaban J connectivity index is 1.51. The number of rotatable bonds is 4. The van der Waals surface area contributed by atoms with Crippen molar-refractivity contribution >= 4 is 28.9 Å². The van der Waals surface area contributed by atoms with Gasteiger partial charge in [0.25, 0.3) is 5.91 Å². The van der Waals surface area contributed by atoms with Gasteiger partial charge in [-0.25, -0.2) is 0 Å².